The zero-order valence-corrected chi connectivity index (χ0v) is 23.2. The Morgan fingerprint density at radius 3 is 1.26 bits per heavy atom. The Kier molecular flexibility index (Phi) is 10.8. The molecule has 2 aliphatic rings. The summed E-state index contributed by atoms with van der Waals surface area (Å²) in [6.45, 7) is 5.72. The van der Waals surface area contributed by atoms with E-state index in [1.54, 1.807) is 14.2 Å². The molecule has 0 unspecified atom stereocenters. The predicted molar refractivity (Wildman–Crippen MR) is 151 cm³/mol. The molecule has 2 saturated heterocycles. The van der Waals surface area contributed by atoms with Crippen LogP contribution in [0.3, 0.4) is 0 Å². The molecule has 0 bridgehead atoms. The molecule has 38 heavy (non-hydrogen) atoms. The van der Waals surface area contributed by atoms with Gasteiger partial charge in [-0.1, -0.05) is 12.8 Å². The van der Waals surface area contributed by atoms with Crippen LogP contribution < -0.4 is 9.47 Å². The maximum atomic E-state index is 13.8. The second-order valence-corrected chi connectivity index (χ2v) is 10.9. The van der Waals surface area contributed by atoms with E-state index in [-0.39, 0.29) is 23.4 Å². The number of rotatable bonds is 13. The third-order valence-electron chi connectivity index (χ3n) is 8.21. The average molecular weight is 521 g/mol. The number of ketones is 2. The number of Topliss-reactive ketones (excluding diaryl/α,β-unsaturated/α-hetero) is 2. The van der Waals surface area contributed by atoms with Crippen LogP contribution in [0.15, 0.2) is 48.5 Å². The Bertz CT molecular complexity index is 925. The lowest BCUT2D eigenvalue weighted by Gasteiger charge is -2.32. The van der Waals surface area contributed by atoms with Crippen molar-refractivity contribution >= 4 is 11.6 Å². The van der Waals surface area contributed by atoms with Crippen molar-refractivity contribution in [2.45, 2.75) is 51.4 Å². The van der Waals surface area contributed by atoms with Gasteiger partial charge in [0.2, 0.25) is 0 Å². The molecule has 2 aromatic carbocycles. The summed E-state index contributed by atoms with van der Waals surface area (Å²) >= 11 is 0. The molecule has 206 valence electrons. The van der Waals surface area contributed by atoms with Crippen molar-refractivity contribution in [3.05, 3.63) is 59.7 Å². The van der Waals surface area contributed by atoms with E-state index in [1.807, 2.05) is 48.5 Å². The highest BCUT2D eigenvalue weighted by Gasteiger charge is 2.29. The number of ether oxygens (including phenoxy) is 2. The summed E-state index contributed by atoms with van der Waals surface area (Å²) in [7, 11) is 3.27. The first kappa shape index (κ1) is 28.3. The van der Waals surface area contributed by atoms with Crippen LogP contribution in [0.2, 0.25) is 0 Å². The largest absolute Gasteiger partial charge is 0.497 e. The van der Waals surface area contributed by atoms with E-state index < -0.39 is 0 Å². The molecule has 0 aliphatic carbocycles. The minimum absolute atomic E-state index is 0.131. The van der Waals surface area contributed by atoms with Crippen molar-refractivity contribution in [2.24, 2.45) is 11.8 Å². The first-order chi connectivity index (χ1) is 18.6. The SMILES string of the molecule is COc1ccc(C(=O)[C@@H](CC[C@@H](CN2CCCCC2)C(=O)c2ccc(OC)cc2)CN2CCCCC2)cc1. The smallest absolute Gasteiger partial charge is 0.167 e. The van der Waals surface area contributed by atoms with E-state index in [4.69, 9.17) is 9.47 Å². The monoisotopic (exact) mass is 520 g/mol. The summed E-state index contributed by atoms with van der Waals surface area (Å²) in [5.41, 5.74) is 1.45. The first-order valence-corrected chi connectivity index (χ1v) is 14.4. The molecule has 0 N–H and O–H groups in total. The Labute approximate surface area is 228 Å². The lowest BCUT2D eigenvalue weighted by Crippen LogP contribution is -2.39. The maximum Gasteiger partial charge on any atom is 0.167 e. The lowest BCUT2D eigenvalue weighted by molar-refractivity contribution is 0.0793. The van der Waals surface area contributed by atoms with Crippen molar-refractivity contribution in [1.82, 2.24) is 9.80 Å². The zero-order valence-electron chi connectivity index (χ0n) is 23.2. The summed E-state index contributed by atoms with van der Waals surface area (Å²) < 4.78 is 10.6. The van der Waals surface area contributed by atoms with Gasteiger partial charge in [-0.25, -0.2) is 0 Å². The molecule has 2 fully saturated rings. The van der Waals surface area contributed by atoms with Crippen LogP contribution in [0.5, 0.6) is 11.5 Å². The van der Waals surface area contributed by atoms with Crippen LogP contribution in [0.4, 0.5) is 0 Å². The summed E-state index contributed by atoms with van der Waals surface area (Å²) in [4.78, 5) is 32.4. The van der Waals surface area contributed by atoms with Gasteiger partial charge in [-0.3, -0.25) is 9.59 Å². The van der Waals surface area contributed by atoms with Crippen molar-refractivity contribution in [3.8, 4) is 11.5 Å². The van der Waals surface area contributed by atoms with Crippen LogP contribution >= 0.6 is 0 Å². The second kappa shape index (κ2) is 14.5. The van der Waals surface area contributed by atoms with E-state index in [9.17, 15) is 9.59 Å². The lowest BCUT2D eigenvalue weighted by atomic mass is 9.85. The Morgan fingerprint density at radius 2 is 0.947 bits per heavy atom. The van der Waals surface area contributed by atoms with E-state index in [1.165, 1.54) is 38.5 Å². The molecule has 0 saturated carbocycles. The summed E-state index contributed by atoms with van der Waals surface area (Å²) in [6, 6.07) is 14.9. The van der Waals surface area contributed by atoms with E-state index >= 15 is 0 Å². The second-order valence-electron chi connectivity index (χ2n) is 10.9. The normalized spacial score (nSPS) is 18.5. The molecule has 4 rings (SSSR count). The van der Waals surface area contributed by atoms with Crippen LogP contribution in [0.25, 0.3) is 0 Å². The van der Waals surface area contributed by atoms with Crippen molar-refractivity contribution in [1.29, 1.82) is 0 Å². The molecule has 2 aliphatic heterocycles. The number of carbonyl (C=O) groups is 2. The van der Waals surface area contributed by atoms with Crippen LogP contribution in [0.1, 0.15) is 72.1 Å². The molecule has 2 atom stereocenters. The molecule has 2 heterocycles. The zero-order chi connectivity index (χ0) is 26.7. The number of hydrogen-bond donors (Lipinski definition) is 0. The highest BCUT2D eigenvalue weighted by Crippen LogP contribution is 2.26. The number of nitrogens with zero attached hydrogens (tertiary/aromatic N) is 2. The summed E-state index contributed by atoms with van der Waals surface area (Å²) in [5.74, 6) is 1.59. The summed E-state index contributed by atoms with van der Waals surface area (Å²) in [6.07, 6.45) is 8.72. The minimum atomic E-state index is -0.131. The Morgan fingerprint density at radius 1 is 0.605 bits per heavy atom. The highest BCUT2D eigenvalue weighted by molar-refractivity contribution is 5.99. The maximum absolute atomic E-state index is 13.8. The van der Waals surface area contributed by atoms with Gasteiger partial charge in [0.1, 0.15) is 11.5 Å². The number of piperidine rings is 2. The molecule has 0 spiro atoms. The Hall–Kier alpha value is -2.70. The topological polar surface area (TPSA) is 59.1 Å². The van der Waals surface area contributed by atoms with Gasteiger partial charge in [0, 0.05) is 36.1 Å². The standard InChI is InChI=1S/C32H44N2O4/c1-37-29-15-11-25(12-16-29)31(35)27(23-33-19-5-3-6-20-33)9-10-28(24-34-21-7-4-8-22-34)32(36)26-13-17-30(38-2)18-14-26/h11-18,27-28H,3-10,19-24H2,1-2H3/t27-,28-/m0/s1. The van der Waals surface area contributed by atoms with E-state index in [2.05, 4.69) is 9.80 Å². The number of methoxy groups -OCH3 is 2. The van der Waals surface area contributed by atoms with Gasteiger partial charge >= 0.3 is 0 Å². The number of likely N-dealkylation sites (tertiary alicyclic amines) is 2. The van der Waals surface area contributed by atoms with Gasteiger partial charge < -0.3 is 19.3 Å². The molecule has 0 aromatic heterocycles. The van der Waals surface area contributed by atoms with Gasteiger partial charge in [0.15, 0.2) is 11.6 Å². The van der Waals surface area contributed by atoms with Gasteiger partial charge in [0.05, 0.1) is 14.2 Å². The fourth-order valence-corrected chi connectivity index (χ4v) is 5.90. The number of benzene rings is 2. The third-order valence-corrected chi connectivity index (χ3v) is 8.21. The fraction of sp³-hybridized carbons (Fsp3) is 0.562. The number of hydrogen-bond acceptors (Lipinski definition) is 6. The van der Waals surface area contributed by atoms with Crippen LogP contribution in [-0.4, -0.2) is 74.9 Å². The quantitative estimate of drug-likeness (QED) is 0.313. The molecule has 6 heteroatoms. The summed E-state index contributed by atoms with van der Waals surface area (Å²) in [5, 5.41) is 0. The van der Waals surface area contributed by atoms with Crippen molar-refractivity contribution < 1.29 is 19.1 Å². The van der Waals surface area contributed by atoms with Crippen molar-refractivity contribution in [3.63, 3.8) is 0 Å². The fourth-order valence-electron chi connectivity index (χ4n) is 5.90. The first-order valence-electron chi connectivity index (χ1n) is 14.4. The van der Waals surface area contributed by atoms with E-state index in [0.717, 1.165) is 61.9 Å². The van der Waals surface area contributed by atoms with Gasteiger partial charge in [-0.05, 0) is 113 Å². The van der Waals surface area contributed by atoms with Crippen LogP contribution in [0, 0.1) is 11.8 Å². The van der Waals surface area contributed by atoms with Crippen LogP contribution in [-0.2, 0) is 0 Å². The average Bonchev–Trinajstić information content (AvgIpc) is 2.99. The minimum Gasteiger partial charge on any atom is -0.497 e. The molecule has 6 nitrogen and oxygen atoms in total. The third kappa shape index (κ3) is 7.90. The predicted octanol–water partition coefficient (Wildman–Crippen LogP) is 5.75. The van der Waals surface area contributed by atoms with Crippen molar-refractivity contribution in [2.75, 3.05) is 53.5 Å². The molecule has 0 amide bonds. The molecule has 0 radical (unpaired) electrons. The van der Waals surface area contributed by atoms with Gasteiger partial charge in [-0.2, -0.15) is 0 Å². The molecule has 2 aromatic rings. The van der Waals surface area contributed by atoms with E-state index in [0.29, 0.717) is 12.8 Å². The number of carbonyl (C=O) groups excluding carboxylic acids is 2. The van der Waals surface area contributed by atoms with Gasteiger partial charge in [0.25, 0.3) is 0 Å². The molecular formula is C32H44N2O4. The Balaban J connectivity index is 1.51. The highest BCUT2D eigenvalue weighted by atomic mass is 16.5. The molecular weight excluding hydrogens is 476 g/mol. The van der Waals surface area contributed by atoms with Gasteiger partial charge in [-0.15, -0.1) is 0 Å².